The van der Waals surface area contributed by atoms with E-state index in [-0.39, 0.29) is 5.91 Å². The molecule has 1 aromatic rings. The number of anilines is 1. The van der Waals surface area contributed by atoms with Crippen LogP contribution in [0.15, 0.2) is 24.3 Å². The predicted octanol–water partition coefficient (Wildman–Crippen LogP) is 2.26. The van der Waals surface area contributed by atoms with Gasteiger partial charge in [0.2, 0.25) is 5.91 Å². The van der Waals surface area contributed by atoms with Crippen molar-refractivity contribution in [2.24, 2.45) is 5.92 Å². The number of aryl methyl sites for hydroxylation is 1. The van der Waals surface area contributed by atoms with E-state index in [1.807, 2.05) is 31.2 Å². The van der Waals surface area contributed by atoms with E-state index in [9.17, 15) is 4.79 Å². The third-order valence-electron chi connectivity index (χ3n) is 3.96. The summed E-state index contributed by atoms with van der Waals surface area (Å²) in [4.78, 5) is 14.4. The van der Waals surface area contributed by atoms with Gasteiger partial charge in [-0.05, 0) is 63.0 Å². The molecule has 0 aliphatic carbocycles. The van der Waals surface area contributed by atoms with Crippen molar-refractivity contribution >= 4 is 11.6 Å². The van der Waals surface area contributed by atoms with Gasteiger partial charge in [0.25, 0.3) is 0 Å². The number of nitrogens with zero attached hydrogens (tertiary/aromatic N) is 1. The summed E-state index contributed by atoms with van der Waals surface area (Å²) in [5, 5.41) is 6.40. The molecule has 1 aliphatic rings. The molecule has 1 aromatic carbocycles. The smallest absolute Gasteiger partial charge is 0.238 e. The summed E-state index contributed by atoms with van der Waals surface area (Å²) in [6.07, 6.45) is 2.46. The highest BCUT2D eigenvalue weighted by atomic mass is 16.2. The van der Waals surface area contributed by atoms with E-state index in [4.69, 9.17) is 0 Å². The first-order valence-electron chi connectivity index (χ1n) is 7.97. The third kappa shape index (κ3) is 5.48. The number of carbonyl (C=O) groups is 1. The molecule has 1 heterocycles. The summed E-state index contributed by atoms with van der Waals surface area (Å²) in [5.41, 5.74) is 2.05. The molecule has 4 nitrogen and oxygen atoms in total. The number of amides is 1. The number of carbonyl (C=O) groups excluding carboxylic acids is 1. The van der Waals surface area contributed by atoms with E-state index < -0.39 is 0 Å². The van der Waals surface area contributed by atoms with Gasteiger partial charge in [0.1, 0.15) is 0 Å². The highest BCUT2D eigenvalue weighted by Crippen LogP contribution is 2.16. The number of piperidine rings is 1. The Hall–Kier alpha value is -1.39. The fraction of sp³-hybridized carbons (Fsp3) is 0.588. The van der Waals surface area contributed by atoms with Gasteiger partial charge in [-0.1, -0.05) is 19.1 Å². The molecule has 2 N–H and O–H groups in total. The average molecular weight is 289 g/mol. The summed E-state index contributed by atoms with van der Waals surface area (Å²) in [5.74, 6) is 0.759. The van der Waals surface area contributed by atoms with Gasteiger partial charge in [-0.25, -0.2) is 0 Å². The van der Waals surface area contributed by atoms with Gasteiger partial charge in [0.15, 0.2) is 0 Å². The first kappa shape index (κ1) is 16.0. The number of benzene rings is 1. The van der Waals surface area contributed by atoms with Crippen LogP contribution in [-0.4, -0.2) is 43.5 Å². The molecule has 1 saturated heterocycles. The van der Waals surface area contributed by atoms with Gasteiger partial charge in [-0.15, -0.1) is 0 Å². The number of hydrogen-bond acceptors (Lipinski definition) is 3. The van der Waals surface area contributed by atoms with E-state index in [1.54, 1.807) is 0 Å². The van der Waals surface area contributed by atoms with Crippen LogP contribution in [0.5, 0.6) is 0 Å². The van der Waals surface area contributed by atoms with Crippen LogP contribution in [0, 0.1) is 12.8 Å². The predicted molar refractivity (Wildman–Crippen MR) is 87.5 cm³/mol. The fourth-order valence-corrected chi connectivity index (χ4v) is 2.94. The monoisotopic (exact) mass is 289 g/mol. The van der Waals surface area contributed by atoms with Crippen LogP contribution in [0.3, 0.4) is 0 Å². The van der Waals surface area contributed by atoms with Gasteiger partial charge >= 0.3 is 0 Å². The van der Waals surface area contributed by atoms with Crippen molar-refractivity contribution in [2.45, 2.75) is 26.7 Å². The minimum atomic E-state index is 0.0877. The zero-order chi connectivity index (χ0) is 15.1. The fourth-order valence-electron chi connectivity index (χ4n) is 2.94. The van der Waals surface area contributed by atoms with Crippen molar-refractivity contribution in [3.8, 4) is 0 Å². The van der Waals surface area contributed by atoms with Gasteiger partial charge in [0.05, 0.1) is 6.54 Å². The summed E-state index contributed by atoms with van der Waals surface area (Å²) in [7, 11) is 0. The van der Waals surface area contributed by atoms with E-state index in [0.29, 0.717) is 12.5 Å². The lowest BCUT2D eigenvalue weighted by Gasteiger charge is -2.32. The molecular formula is C17H27N3O. The maximum atomic E-state index is 12.1. The first-order valence-corrected chi connectivity index (χ1v) is 7.97. The molecule has 0 radical (unpaired) electrons. The molecule has 1 amide bonds. The second-order valence-corrected chi connectivity index (χ2v) is 5.97. The molecule has 0 saturated carbocycles. The van der Waals surface area contributed by atoms with Crippen molar-refractivity contribution < 1.29 is 4.79 Å². The lowest BCUT2D eigenvalue weighted by molar-refractivity contribution is -0.117. The van der Waals surface area contributed by atoms with Crippen molar-refractivity contribution in [3.63, 3.8) is 0 Å². The molecule has 1 fully saturated rings. The Bertz CT molecular complexity index is 461. The van der Waals surface area contributed by atoms with Gasteiger partial charge in [-0.2, -0.15) is 0 Å². The van der Waals surface area contributed by atoms with Crippen LogP contribution in [0.2, 0.25) is 0 Å². The Morgan fingerprint density at radius 2 is 2.29 bits per heavy atom. The summed E-state index contributed by atoms with van der Waals surface area (Å²) >= 11 is 0. The Kier molecular flexibility index (Phi) is 6.21. The number of rotatable bonds is 6. The van der Waals surface area contributed by atoms with Crippen molar-refractivity contribution in [2.75, 3.05) is 38.0 Å². The Morgan fingerprint density at radius 3 is 3.05 bits per heavy atom. The van der Waals surface area contributed by atoms with Crippen LogP contribution >= 0.6 is 0 Å². The SMILES string of the molecule is CCNCC1CCCN(CC(=O)Nc2cccc(C)c2)C1. The minimum Gasteiger partial charge on any atom is -0.325 e. The maximum Gasteiger partial charge on any atom is 0.238 e. The molecule has 0 spiro atoms. The Labute approximate surface area is 127 Å². The first-order chi connectivity index (χ1) is 10.2. The number of nitrogens with one attached hydrogen (secondary N) is 2. The highest BCUT2D eigenvalue weighted by Gasteiger charge is 2.21. The third-order valence-corrected chi connectivity index (χ3v) is 3.96. The molecule has 4 heteroatoms. The number of likely N-dealkylation sites (tertiary alicyclic amines) is 1. The normalized spacial score (nSPS) is 19.4. The molecule has 21 heavy (non-hydrogen) atoms. The van der Waals surface area contributed by atoms with Crippen molar-refractivity contribution in [1.82, 2.24) is 10.2 Å². The largest absolute Gasteiger partial charge is 0.325 e. The molecule has 1 atom stereocenters. The van der Waals surface area contributed by atoms with Crippen LogP contribution in [0.25, 0.3) is 0 Å². The maximum absolute atomic E-state index is 12.1. The molecular weight excluding hydrogens is 262 g/mol. The van der Waals surface area contributed by atoms with E-state index in [0.717, 1.165) is 37.4 Å². The molecule has 0 aromatic heterocycles. The summed E-state index contributed by atoms with van der Waals surface area (Å²) < 4.78 is 0. The summed E-state index contributed by atoms with van der Waals surface area (Å²) in [6, 6.07) is 7.95. The van der Waals surface area contributed by atoms with Crippen molar-refractivity contribution in [1.29, 1.82) is 0 Å². The topological polar surface area (TPSA) is 44.4 Å². The molecule has 0 bridgehead atoms. The molecule has 2 rings (SSSR count). The van der Waals surface area contributed by atoms with Crippen LogP contribution in [0.4, 0.5) is 5.69 Å². The van der Waals surface area contributed by atoms with E-state index in [1.165, 1.54) is 12.8 Å². The van der Waals surface area contributed by atoms with Gasteiger partial charge < -0.3 is 10.6 Å². The van der Waals surface area contributed by atoms with Crippen molar-refractivity contribution in [3.05, 3.63) is 29.8 Å². The second kappa shape index (κ2) is 8.15. The van der Waals surface area contributed by atoms with Gasteiger partial charge in [0, 0.05) is 12.2 Å². The summed E-state index contributed by atoms with van der Waals surface area (Å²) in [6.45, 7) is 8.80. The van der Waals surface area contributed by atoms with Crippen LogP contribution in [-0.2, 0) is 4.79 Å². The Balaban J connectivity index is 1.79. The lowest BCUT2D eigenvalue weighted by Crippen LogP contribution is -2.43. The quantitative estimate of drug-likeness (QED) is 0.844. The molecule has 1 aliphatic heterocycles. The van der Waals surface area contributed by atoms with E-state index >= 15 is 0 Å². The standard InChI is InChI=1S/C17H27N3O/c1-3-18-11-15-7-5-9-20(12-15)13-17(21)19-16-8-4-6-14(2)10-16/h4,6,8,10,15,18H,3,5,7,9,11-13H2,1-2H3,(H,19,21). The number of hydrogen-bond donors (Lipinski definition) is 2. The molecule has 116 valence electrons. The van der Waals surface area contributed by atoms with Gasteiger partial charge in [-0.3, -0.25) is 9.69 Å². The zero-order valence-corrected chi connectivity index (χ0v) is 13.2. The van der Waals surface area contributed by atoms with Crippen LogP contribution < -0.4 is 10.6 Å². The molecule has 1 unspecified atom stereocenters. The van der Waals surface area contributed by atoms with Crippen LogP contribution in [0.1, 0.15) is 25.3 Å². The average Bonchev–Trinajstić information content (AvgIpc) is 2.45. The minimum absolute atomic E-state index is 0.0877. The second-order valence-electron chi connectivity index (χ2n) is 5.97. The Morgan fingerprint density at radius 1 is 1.43 bits per heavy atom. The zero-order valence-electron chi connectivity index (χ0n) is 13.2. The lowest BCUT2D eigenvalue weighted by atomic mass is 9.98. The van der Waals surface area contributed by atoms with E-state index in [2.05, 4.69) is 22.5 Å². The highest BCUT2D eigenvalue weighted by molar-refractivity contribution is 5.92.